The first-order valence-electron chi connectivity index (χ1n) is 10.7. The van der Waals surface area contributed by atoms with Gasteiger partial charge >= 0.3 is 10.1 Å². The summed E-state index contributed by atoms with van der Waals surface area (Å²) in [4.78, 5) is 28.2. The number of para-hydroxylation sites is 2. The van der Waals surface area contributed by atoms with Crippen LogP contribution in [0.3, 0.4) is 0 Å². The lowest BCUT2D eigenvalue weighted by molar-refractivity contribution is -0.384. The first-order chi connectivity index (χ1) is 17.7. The average Bonchev–Trinajstić information content (AvgIpc) is 3.37. The van der Waals surface area contributed by atoms with E-state index in [1.165, 1.54) is 11.3 Å². The van der Waals surface area contributed by atoms with Crippen molar-refractivity contribution in [3.63, 3.8) is 0 Å². The predicted octanol–water partition coefficient (Wildman–Crippen LogP) is 4.14. The number of hydrogen-bond donors (Lipinski definition) is 0. The summed E-state index contributed by atoms with van der Waals surface area (Å²) >= 11 is 3.18. The van der Waals surface area contributed by atoms with Crippen LogP contribution in [0.1, 0.15) is 12.5 Å². The van der Waals surface area contributed by atoms with Gasteiger partial charge in [0.1, 0.15) is 4.90 Å². The van der Waals surface area contributed by atoms with Crippen molar-refractivity contribution in [3.8, 4) is 11.5 Å². The van der Waals surface area contributed by atoms with Crippen molar-refractivity contribution < 1.29 is 22.3 Å². The number of non-ortho nitro benzene ring substituents is 1. The van der Waals surface area contributed by atoms with Gasteiger partial charge in [-0.2, -0.15) is 8.42 Å². The highest BCUT2D eigenvalue weighted by Crippen LogP contribution is 2.36. The second-order valence-corrected chi connectivity index (χ2v) is 11.4. The van der Waals surface area contributed by atoms with Gasteiger partial charge in [-0.05, 0) is 77.6 Å². The Labute approximate surface area is 227 Å². The fourth-order valence-electron chi connectivity index (χ4n) is 3.67. The number of hydrogen-bond acceptors (Lipinski definition) is 9. The van der Waals surface area contributed by atoms with Gasteiger partial charge in [-0.1, -0.05) is 23.5 Å². The van der Waals surface area contributed by atoms with Crippen LogP contribution in [-0.4, -0.2) is 29.3 Å². The third-order valence-corrected chi connectivity index (χ3v) is 8.31. The number of rotatable bonds is 7. The Morgan fingerprint density at radius 3 is 2.59 bits per heavy atom. The van der Waals surface area contributed by atoms with Crippen LogP contribution in [0.4, 0.5) is 5.69 Å². The molecule has 0 saturated heterocycles. The number of nitrogens with zero attached hydrogens (tertiary/aromatic N) is 3. The van der Waals surface area contributed by atoms with E-state index in [0.717, 1.165) is 35.3 Å². The Kier molecular flexibility index (Phi) is 6.59. The molecule has 0 unspecified atom stereocenters. The first kappa shape index (κ1) is 25.1. The molecule has 10 nitrogen and oxygen atoms in total. The second kappa shape index (κ2) is 9.72. The van der Waals surface area contributed by atoms with Crippen LogP contribution in [0.2, 0.25) is 0 Å². The van der Waals surface area contributed by atoms with Crippen LogP contribution in [0.25, 0.3) is 22.1 Å². The van der Waals surface area contributed by atoms with Crippen molar-refractivity contribution in [2.24, 2.45) is 0 Å². The number of benzene rings is 3. The summed E-state index contributed by atoms with van der Waals surface area (Å²) in [5.74, 6) is 0.151. The number of aromatic nitrogens is 2. The van der Waals surface area contributed by atoms with Gasteiger partial charge in [0.15, 0.2) is 16.5 Å². The van der Waals surface area contributed by atoms with Gasteiger partial charge in [-0.3, -0.25) is 14.9 Å². The molecule has 0 fully saturated rings. The molecular formula is C24H16IN3O7S2. The van der Waals surface area contributed by atoms with Crippen LogP contribution in [0.15, 0.2) is 70.4 Å². The number of imidazole rings is 1. The van der Waals surface area contributed by atoms with E-state index in [0.29, 0.717) is 18.6 Å². The third-order valence-electron chi connectivity index (χ3n) is 5.30. The molecule has 2 aromatic heterocycles. The lowest BCUT2D eigenvalue weighted by Crippen LogP contribution is -2.22. The predicted molar refractivity (Wildman–Crippen MR) is 147 cm³/mol. The van der Waals surface area contributed by atoms with Gasteiger partial charge in [-0.15, -0.1) is 0 Å². The van der Waals surface area contributed by atoms with Gasteiger partial charge in [0, 0.05) is 12.1 Å². The maximum Gasteiger partial charge on any atom is 0.339 e. The molecule has 2 heterocycles. The topological polar surface area (TPSA) is 130 Å². The Balaban J connectivity index is 1.55. The van der Waals surface area contributed by atoms with E-state index in [1.54, 1.807) is 29.5 Å². The van der Waals surface area contributed by atoms with Crippen LogP contribution in [-0.2, 0) is 10.1 Å². The van der Waals surface area contributed by atoms with Crippen molar-refractivity contribution >= 4 is 71.8 Å². The fraction of sp³-hybridized carbons (Fsp3) is 0.0833. The van der Waals surface area contributed by atoms with Crippen molar-refractivity contribution in [1.82, 2.24) is 9.38 Å². The quantitative estimate of drug-likeness (QED) is 0.111. The zero-order valence-corrected chi connectivity index (χ0v) is 22.7. The monoisotopic (exact) mass is 649 g/mol. The Morgan fingerprint density at radius 2 is 1.89 bits per heavy atom. The molecule has 3 aromatic carbocycles. The average molecular weight is 649 g/mol. The molecule has 0 aliphatic carbocycles. The smallest absolute Gasteiger partial charge is 0.339 e. The number of fused-ring (bicyclic) bond motifs is 3. The van der Waals surface area contributed by atoms with Crippen molar-refractivity contribution in [2.45, 2.75) is 11.8 Å². The van der Waals surface area contributed by atoms with E-state index in [1.807, 2.05) is 46.9 Å². The minimum absolute atomic E-state index is 0.0210. The van der Waals surface area contributed by atoms with Gasteiger partial charge in [0.05, 0.1) is 30.7 Å². The lowest BCUT2D eigenvalue weighted by Gasteiger charge is -2.14. The third kappa shape index (κ3) is 4.76. The maximum absolute atomic E-state index is 13.1. The highest BCUT2D eigenvalue weighted by atomic mass is 127. The summed E-state index contributed by atoms with van der Waals surface area (Å²) in [6.45, 7) is 1.98. The molecule has 0 spiro atoms. The van der Waals surface area contributed by atoms with Crippen LogP contribution in [0.5, 0.6) is 11.5 Å². The first-order valence-corrected chi connectivity index (χ1v) is 14.1. The number of thiazole rings is 1. The molecule has 0 N–H and O–H groups in total. The van der Waals surface area contributed by atoms with Crippen molar-refractivity contribution in [1.29, 1.82) is 0 Å². The summed E-state index contributed by atoms with van der Waals surface area (Å²) < 4.78 is 39.3. The minimum atomic E-state index is -4.31. The highest BCUT2D eigenvalue weighted by Gasteiger charge is 2.23. The Morgan fingerprint density at radius 1 is 1.16 bits per heavy atom. The highest BCUT2D eigenvalue weighted by molar-refractivity contribution is 14.1. The zero-order valence-electron chi connectivity index (χ0n) is 19.0. The largest absolute Gasteiger partial charge is 0.490 e. The molecule has 0 amide bonds. The van der Waals surface area contributed by atoms with E-state index in [2.05, 4.69) is 4.98 Å². The fourth-order valence-corrected chi connectivity index (χ4v) is 6.50. The van der Waals surface area contributed by atoms with Gasteiger partial charge in [0.2, 0.25) is 0 Å². The van der Waals surface area contributed by atoms with E-state index in [9.17, 15) is 23.3 Å². The van der Waals surface area contributed by atoms with E-state index >= 15 is 0 Å². The number of nitro groups is 1. The maximum atomic E-state index is 13.1. The Hall–Kier alpha value is -3.56. The molecule has 0 atom stereocenters. The second-order valence-electron chi connectivity index (χ2n) is 7.69. The minimum Gasteiger partial charge on any atom is -0.490 e. The standard InChI is InChI=1S/C24H16IN3O7S2/c1-2-34-20-12-14(13-21-23(29)27-19-6-4-3-5-18(19)26-24(27)36-21)11-17(25)22(20)35-37(32,33)16-9-7-15(8-10-16)28(30)31/h3-13H,2H2,1H3. The number of halogens is 1. The molecule has 13 heteroatoms. The lowest BCUT2D eigenvalue weighted by atomic mass is 10.2. The normalized spacial score (nSPS) is 12.3. The molecule has 0 bridgehead atoms. The summed E-state index contributed by atoms with van der Waals surface area (Å²) in [7, 11) is -4.31. The summed E-state index contributed by atoms with van der Waals surface area (Å²) in [5, 5.41) is 10.9. The molecule has 0 radical (unpaired) electrons. The van der Waals surface area contributed by atoms with Crippen LogP contribution < -0.4 is 19.0 Å². The van der Waals surface area contributed by atoms with E-state index in [-0.39, 0.29) is 34.2 Å². The molecule has 188 valence electrons. The molecule has 5 aromatic rings. The van der Waals surface area contributed by atoms with E-state index < -0.39 is 15.0 Å². The summed E-state index contributed by atoms with van der Waals surface area (Å²) in [6.07, 6.45) is 1.69. The number of ether oxygens (including phenoxy) is 1. The SMILES string of the molecule is CCOc1cc(C=c2sc3nc4ccccc4n3c2=O)cc(I)c1OS(=O)(=O)c1ccc([N+](=O)[O-])cc1. The van der Waals surface area contributed by atoms with E-state index in [4.69, 9.17) is 8.92 Å². The molecule has 37 heavy (non-hydrogen) atoms. The van der Waals surface area contributed by atoms with Gasteiger partial charge < -0.3 is 8.92 Å². The molecular weight excluding hydrogens is 633 g/mol. The summed E-state index contributed by atoms with van der Waals surface area (Å²) in [5.41, 5.74) is 1.63. The molecule has 0 aliphatic rings. The summed E-state index contributed by atoms with van der Waals surface area (Å²) in [6, 6.07) is 15.0. The molecule has 5 rings (SSSR count). The van der Waals surface area contributed by atoms with Gasteiger partial charge in [0.25, 0.3) is 11.2 Å². The van der Waals surface area contributed by atoms with Crippen LogP contribution >= 0.6 is 33.9 Å². The number of nitro benzene ring substituents is 1. The molecule has 0 aliphatic heterocycles. The zero-order chi connectivity index (χ0) is 26.3. The Bertz CT molecular complexity index is 1900. The van der Waals surface area contributed by atoms with Gasteiger partial charge in [-0.25, -0.2) is 9.38 Å². The van der Waals surface area contributed by atoms with Crippen molar-refractivity contribution in [3.05, 3.63) is 94.8 Å². The van der Waals surface area contributed by atoms with Crippen LogP contribution in [0, 0.1) is 13.7 Å². The molecule has 0 saturated carbocycles. The van der Waals surface area contributed by atoms with Crippen molar-refractivity contribution in [2.75, 3.05) is 6.61 Å².